The van der Waals surface area contributed by atoms with Crippen molar-refractivity contribution >= 4 is 11.3 Å². The molecule has 2 rings (SSSR count). The highest BCUT2D eigenvalue weighted by Gasteiger charge is 2.29. The molecule has 0 N–H and O–H groups in total. The van der Waals surface area contributed by atoms with E-state index in [0.29, 0.717) is 5.41 Å². The number of thiophene rings is 1. The molecule has 16 heavy (non-hydrogen) atoms. The molecule has 90 valence electrons. The zero-order valence-electron chi connectivity index (χ0n) is 11.1. The van der Waals surface area contributed by atoms with Crippen molar-refractivity contribution < 1.29 is 0 Å². The van der Waals surface area contributed by atoms with Crippen LogP contribution in [0, 0.1) is 5.41 Å². The maximum absolute atomic E-state index is 2.50. The van der Waals surface area contributed by atoms with Gasteiger partial charge < -0.3 is 0 Å². The van der Waals surface area contributed by atoms with E-state index >= 15 is 0 Å². The molecule has 1 aliphatic rings. The zero-order valence-corrected chi connectivity index (χ0v) is 11.9. The van der Waals surface area contributed by atoms with Crippen molar-refractivity contribution in [3.05, 3.63) is 21.4 Å². The van der Waals surface area contributed by atoms with Crippen LogP contribution in [-0.2, 0) is 12.8 Å². The van der Waals surface area contributed by atoms with Gasteiger partial charge >= 0.3 is 0 Å². The van der Waals surface area contributed by atoms with Gasteiger partial charge in [0.25, 0.3) is 0 Å². The molecule has 0 saturated heterocycles. The summed E-state index contributed by atoms with van der Waals surface area (Å²) < 4.78 is 0. The molecular formula is C15H24S. The fraction of sp³-hybridized carbons (Fsp3) is 0.733. The molecule has 0 nitrogen and oxygen atoms in total. The maximum atomic E-state index is 2.50. The van der Waals surface area contributed by atoms with Crippen molar-refractivity contribution in [1.29, 1.82) is 0 Å². The summed E-state index contributed by atoms with van der Waals surface area (Å²) >= 11 is 2.08. The lowest BCUT2D eigenvalue weighted by atomic mass is 9.73. The summed E-state index contributed by atoms with van der Waals surface area (Å²) in [7, 11) is 0. The Bertz CT molecular complexity index is 364. The normalized spacial score (nSPS) is 26.5. The molecular weight excluding hydrogens is 212 g/mol. The minimum absolute atomic E-state index is 0.570. The Kier molecular flexibility index (Phi) is 3.44. The lowest BCUT2D eigenvalue weighted by Crippen LogP contribution is -2.23. The fourth-order valence-corrected chi connectivity index (χ4v) is 3.88. The third kappa shape index (κ3) is 2.20. The van der Waals surface area contributed by atoms with Crippen LogP contribution in [0.15, 0.2) is 6.07 Å². The molecule has 1 heterocycles. The fourth-order valence-electron chi connectivity index (χ4n) is 2.56. The minimum atomic E-state index is 0.570. The monoisotopic (exact) mass is 236 g/mol. The van der Waals surface area contributed by atoms with E-state index in [0.717, 1.165) is 5.92 Å². The molecule has 1 aromatic rings. The van der Waals surface area contributed by atoms with Gasteiger partial charge in [0.1, 0.15) is 0 Å². The highest BCUT2D eigenvalue weighted by atomic mass is 32.1. The molecule has 0 aliphatic heterocycles. The van der Waals surface area contributed by atoms with Crippen LogP contribution in [0.4, 0.5) is 0 Å². The summed E-state index contributed by atoms with van der Waals surface area (Å²) in [6.07, 6.45) is 6.61. The molecule has 0 bridgehead atoms. The van der Waals surface area contributed by atoms with Crippen molar-refractivity contribution in [2.75, 3.05) is 0 Å². The third-order valence-electron chi connectivity index (χ3n) is 4.44. The average molecular weight is 236 g/mol. The molecule has 0 saturated carbocycles. The number of hydrogen-bond donors (Lipinski definition) is 0. The van der Waals surface area contributed by atoms with E-state index in [1.54, 1.807) is 15.3 Å². The number of rotatable bonds is 3. The van der Waals surface area contributed by atoms with Gasteiger partial charge in [0.05, 0.1) is 0 Å². The van der Waals surface area contributed by atoms with E-state index in [1.807, 2.05) is 0 Å². The summed E-state index contributed by atoms with van der Waals surface area (Å²) in [5.41, 5.74) is 2.23. The molecule has 1 aliphatic carbocycles. The van der Waals surface area contributed by atoms with Gasteiger partial charge in [-0.15, -0.1) is 11.3 Å². The molecule has 0 fully saturated rings. The van der Waals surface area contributed by atoms with Crippen LogP contribution in [-0.4, -0.2) is 0 Å². The van der Waals surface area contributed by atoms with E-state index in [9.17, 15) is 0 Å². The summed E-state index contributed by atoms with van der Waals surface area (Å²) in [6.45, 7) is 9.44. The van der Waals surface area contributed by atoms with Crippen LogP contribution in [0.1, 0.15) is 68.2 Å². The lowest BCUT2D eigenvalue weighted by Gasteiger charge is -2.32. The molecule has 1 heteroatoms. The quantitative estimate of drug-likeness (QED) is 0.679. The van der Waals surface area contributed by atoms with Gasteiger partial charge in [0, 0.05) is 9.75 Å². The van der Waals surface area contributed by atoms with E-state index in [2.05, 4.69) is 45.1 Å². The first-order chi connectivity index (χ1) is 7.58. The van der Waals surface area contributed by atoms with Gasteiger partial charge in [-0.25, -0.2) is 0 Å². The van der Waals surface area contributed by atoms with Crippen LogP contribution in [0.25, 0.3) is 0 Å². The summed E-state index contributed by atoms with van der Waals surface area (Å²) in [6, 6.07) is 2.50. The van der Waals surface area contributed by atoms with Crippen LogP contribution < -0.4 is 0 Å². The van der Waals surface area contributed by atoms with Gasteiger partial charge in [0.15, 0.2) is 0 Å². The molecule has 0 amide bonds. The third-order valence-corrected chi connectivity index (χ3v) is 5.91. The first-order valence-electron chi connectivity index (χ1n) is 6.69. The SMILES string of the molecule is CCC(C)c1cc2c(s1)CCC(C)(CC)C2. The van der Waals surface area contributed by atoms with E-state index in [1.165, 1.54) is 32.1 Å². The highest BCUT2D eigenvalue weighted by Crippen LogP contribution is 2.42. The maximum Gasteiger partial charge on any atom is 0.00806 e. The Morgan fingerprint density at radius 3 is 2.81 bits per heavy atom. The van der Waals surface area contributed by atoms with Gasteiger partial charge in [-0.3, -0.25) is 0 Å². The summed E-state index contributed by atoms with van der Waals surface area (Å²) in [5, 5.41) is 0. The predicted octanol–water partition coefficient (Wildman–Crippen LogP) is 5.17. The van der Waals surface area contributed by atoms with Crippen molar-refractivity contribution in [3.8, 4) is 0 Å². The van der Waals surface area contributed by atoms with Crippen molar-refractivity contribution in [2.24, 2.45) is 5.41 Å². The van der Waals surface area contributed by atoms with Crippen molar-refractivity contribution in [1.82, 2.24) is 0 Å². The first-order valence-corrected chi connectivity index (χ1v) is 7.51. The first kappa shape index (κ1) is 12.2. The zero-order chi connectivity index (χ0) is 11.8. The molecule has 2 atom stereocenters. The van der Waals surface area contributed by atoms with Crippen LogP contribution >= 0.6 is 11.3 Å². The molecule has 0 radical (unpaired) electrons. The Morgan fingerprint density at radius 2 is 2.19 bits per heavy atom. The number of aryl methyl sites for hydroxylation is 1. The minimum Gasteiger partial charge on any atom is -0.145 e. The standard InChI is InChI=1S/C15H24S/c1-5-11(3)14-9-12-10-15(4,6-2)8-7-13(12)16-14/h9,11H,5-8,10H2,1-4H3. The van der Waals surface area contributed by atoms with E-state index < -0.39 is 0 Å². The molecule has 1 aromatic heterocycles. The highest BCUT2D eigenvalue weighted by molar-refractivity contribution is 7.12. The summed E-state index contributed by atoms with van der Waals surface area (Å²) in [4.78, 5) is 3.30. The topological polar surface area (TPSA) is 0 Å². The lowest BCUT2D eigenvalue weighted by molar-refractivity contribution is 0.270. The second kappa shape index (κ2) is 4.52. The number of fused-ring (bicyclic) bond motifs is 1. The van der Waals surface area contributed by atoms with Crippen LogP contribution in [0.3, 0.4) is 0 Å². The molecule has 0 spiro atoms. The Morgan fingerprint density at radius 1 is 1.44 bits per heavy atom. The second-order valence-electron chi connectivity index (χ2n) is 5.75. The Hall–Kier alpha value is -0.300. The average Bonchev–Trinajstić information content (AvgIpc) is 2.70. The van der Waals surface area contributed by atoms with Gasteiger partial charge in [-0.2, -0.15) is 0 Å². The largest absolute Gasteiger partial charge is 0.145 e. The van der Waals surface area contributed by atoms with Crippen molar-refractivity contribution in [3.63, 3.8) is 0 Å². The van der Waals surface area contributed by atoms with E-state index in [-0.39, 0.29) is 0 Å². The predicted molar refractivity (Wildman–Crippen MR) is 73.4 cm³/mol. The Balaban J connectivity index is 2.23. The summed E-state index contributed by atoms with van der Waals surface area (Å²) in [5.74, 6) is 0.753. The Labute approximate surface area is 104 Å². The van der Waals surface area contributed by atoms with Crippen LogP contribution in [0.5, 0.6) is 0 Å². The van der Waals surface area contributed by atoms with Crippen molar-refractivity contribution in [2.45, 2.75) is 65.7 Å². The smallest absolute Gasteiger partial charge is 0.00806 e. The number of hydrogen-bond acceptors (Lipinski definition) is 1. The second-order valence-corrected chi connectivity index (χ2v) is 6.92. The van der Waals surface area contributed by atoms with Gasteiger partial charge in [0.2, 0.25) is 0 Å². The molecule has 2 unspecified atom stereocenters. The van der Waals surface area contributed by atoms with E-state index in [4.69, 9.17) is 0 Å². The van der Waals surface area contributed by atoms with Gasteiger partial charge in [-0.1, -0.05) is 34.1 Å². The van der Waals surface area contributed by atoms with Gasteiger partial charge in [-0.05, 0) is 48.6 Å². The van der Waals surface area contributed by atoms with Crippen LogP contribution in [0.2, 0.25) is 0 Å². The molecule has 0 aromatic carbocycles.